The molecule has 1 unspecified atom stereocenters. The van der Waals surface area contributed by atoms with Crippen LogP contribution < -0.4 is 4.74 Å². The van der Waals surface area contributed by atoms with Crippen LogP contribution in [0.5, 0.6) is 5.75 Å². The van der Waals surface area contributed by atoms with E-state index in [0.29, 0.717) is 12.5 Å². The van der Waals surface area contributed by atoms with Crippen molar-refractivity contribution >= 4 is 5.91 Å². The van der Waals surface area contributed by atoms with Crippen molar-refractivity contribution in [3.63, 3.8) is 0 Å². The van der Waals surface area contributed by atoms with Crippen molar-refractivity contribution < 1.29 is 9.53 Å². The summed E-state index contributed by atoms with van der Waals surface area (Å²) in [7, 11) is 1.66. The topological polar surface area (TPSA) is 29.5 Å². The van der Waals surface area contributed by atoms with Gasteiger partial charge in [-0.05, 0) is 43.9 Å². The first-order valence-corrected chi connectivity index (χ1v) is 8.04. The largest absolute Gasteiger partial charge is 0.497 e. The third-order valence-corrected chi connectivity index (χ3v) is 3.98. The maximum Gasteiger partial charge on any atom is 0.223 e. The smallest absolute Gasteiger partial charge is 0.223 e. The van der Waals surface area contributed by atoms with Crippen molar-refractivity contribution in [3.05, 3.63) is 29.8 Å². The second kappa shape index (κ2) is 9.43. The summed E-state index contributed by atoms with van der Waals surface area (Å²) in [6.07, 6.45) is 4.59. The zero-order valence-electron chi connectivity index (χ0n) is 13.9. The normalized spacial score (nSPS) is 12.0. The number of unbranched alkanes of at least 4 members (excludes halogenated alkanes) is 1. The summed E-state index contributed by atoms with van der Waals surface area (Å²) < 4.78 is 5.15. The van der Waals surface area contributed by atoms with Gasteiger partial charge in [-0.25, -0.2) is 0 Å². The average Bonchev–Trinajstić information content (AvgIpc) is 2.53. The van der Waals surface area contributed by atoms with E-state index in [-0.39, 0.29) is 5.91 Å². The fourth-order valence-corrected chi connectivity index (χ4v) is 2.33. The highest BCUT2D eigenvalue weighted by atomic mass is 16.5. The second-order valence-corrected chi connectivity index (χ2v) is 5.55. The first-order chi connectivity index (χ1) is 10.1. The van der Waals surface area contributed by atoms with Gasteiger partial charge in [-0.15, -0.1) is 0 Å². The Balaban J connectivity index is 2.55. The number of carbonyl (C=O) groups excluding carboxylic acids is 1. The molecule has 118 valence electrons. The SMILES string of the molecule is CCCCN(C(=O)CCc1ccc(OC)cc1)C(C)CC. The molecule has 0 heterocycles. The third kappa shape index (κ3) is 5.78. The molecule has 1 amide bonds. The molecule has 0 spiro atoms. The molecule has 0 aromatic heterocycles. The number of carbonyl (C=O) groups is 1. The predicted molar refractivity (Wildman–Crippen MR) is 87.7 cm³/mol. The molecule has 1 rings (SSSR count). The summed E-state index contributed by atoms with van der Waals surface area (Å²) in [5.74, 6) is 1.13. The molecule has 0 fully saturated rings. The van der Waals surface area contributed by atoms with Crippen molar-refractivity contribution in [3.8, 4) is 5.75 Å². The number of aryl methyl sites for hydroxylation is 1. The summed E-state index contributed by atoms with van der Waals surface area (Å²) in [5.41, 5.74) is 1.18. The highest BCUT2D eigenvalue weighted by molar-refractivity contribution is 5.76. The van der Waals surface area contributed by atoms with Gasteiger partial charge >= 0.3 is 0 Å². The van der Waals surface area contributed by atoms with Crippen LogP contribution >= 0.6 is 0 Å². The molecule has 1 aromatic rings. The first-order valence-electron chi connectivity index (χ1n) is 8.04. The summed E-state index contributed by atoms with van der Waals surface area (Å²) >= 11 is 0. The van der Waals surface area contributed by atoms with Crippen molar-refractivity contribution in [1.29, 1.82) is 0 Å². The Labute approximate surface area is 129 Å². The lowest BCUT2D eigenvalue weighted by molar-refractivity contribution is -0.133. The third-order valence-electron chi connectivity index (χ3n) is 3.98. The molecule has 0 radical (unpaired) electrons. The Morgan fingerprint density at radius 2 is 1.90 bits per heavy atom. The van der Waals surface area contributed by atoms with Gasteiger partial charge in [0.05, 0.1) is 7.11 Å². The fourth-order valence-electron chi connectivity index (χ4n) is 2.33. The van der Waals surface area contributed by atoms with Gasteiger partial charge in [-0.3, -0.25) is 4.79 Å². The average molecular weight is 291 g/mol. The van der Waals surface area contributed by atoms with Crippen LogP contribution in [0.1, 0.15) is 52.0 Å². The molecule has 1 atom stereocenters. The van der Waals surface area contributed by atoms with Crippen LogP contribution in [0.15, 0.2) is 24.3 Å². The Morgan fingerprint density at radius 3 is 2.43 bits per heavy atom. The number of ether oxygens (including phenoxy) is 1. The summed E-state index contributed by atoms with van der Waals surface area (Å²) in [6, 6.07) is 8.30. The number of amides is 1. The van der Waals surface area contributed by atoms with Crippen LogP contribution in [0.2, 0.25) is 0 Å². The van der Waals surface area contributed by atoms with Gasteiger partial charge in [-0.2, -0.15) is 0 Å². The molecule has 0 bridgehead atoms. The van der Waals surface area contributed by atoms with E-state index in [1.165, 1.54) is 5.56 Å². The van der Waals surface area contributed by atoms with Gasteiger partial charge in [0.25, 0.3) is 0 Å². The van der Waals surface area contributed by atoms with Crippen LogP contribution in [-0.4, -0.2) is 30.5 Å². The predicted octanol–water partition coefficient (Wildman–Crippen LogP) is 4.06. The van der Waals surface area contributed by atoms with Crippen LogP contribution in [0.25, 0.3) is 0 Å². The van der Waals surface area contributed by atoms with Gasteiger partial charge < -0.3 is 9.64 Å². The lowest BCUT2D eigenvalue weighted by Crippen LogP contribution is -2.39. The molecule has 0 saturated carbocycles. The van der Waals surface area contributed by atoms with Gasteiger partial charge in [0.1, 0.15) is 5.75 Å². The molecule has 3 nitrogen and oxygen atoms in total. The summed E-state index contributed by atoms with van der Waals surface area (Å²) in [4.78, 5) is 14.5. The minimum Gasteiger partial charge on any atom is -0.497 e. The van der Waals surface area contributed by atoms with Crippen LogP contribution in [0.3, 0.4) is 0 Å². The Morgan fingerprint density at radius 1 is 1.24 bits per heavy atom. The highest BCUT2D eigenvalue weighted by Crippen LogP contribution is 2.14. The van der Waals surface area contributed by atoms with Crippen molar-refractivity contribution in [1.82, 2.24) is 4.90 Å². The van der Waals surface area contributed by atoms with Crippen molar-refractivity contribution in [2.45, 2.75) is 58.9 Å². The maximum absolute atomic E-state index is 12.4. The number of hydrogen-bond donors (Lipinski definition) is 0. The molecular weight excluding hydrogens is 262 g/mol. The molecule has 0 aliphatic rings. The van der Waals surface area contributed by atoms with E-state index >= 15 is 0 Å². The Kier molecular flexibility index (Phi) is 7.88. The number of methoxy groups -OCH3 is 1. The quantitative estimate of drug-likeness (QED) is 0.687. The molecule has 21 heavy (non-hydrogen) atoms. The Hall–Kier alpha value is -1.51. The molecular formula is C18H29NO2. The first kappa shape index (κ1) is 17.5. The van der Waals surface area contributed by atoms with E-state index in [0.717, 1.165) is 38.0 Å². The summed E-state index contributed by atoms with van der Waals surface area (Å²) in [5, 5.41) is 0. The molecule has 0 saturated heterocycles. The van der Waals surface area contributed by atoms with Crippen LogP contribution in [0.4, 0.5) is 0 Å². The van der Waals surface area contributed by atoms with E-state index in [1.54, 1.807) is 7.11 Å². The molecule has 3 heteroatoms. The molecule has 1 aromatic carbocycles. The van der Waals surface area contributed by atoms with Crippen molar-refractivity contribution in [2.75, 3.05) is 13.7 Å². The van der Waals surface area contributed by atoms with E-state index in [2.05, 4.69) is 20.8 Å². The van der Waals surface area contributed by atoms with Crippen molar-refractivity contribution in [2.24, 2.45) is 0 Å². The molecule has 0 N–H and O–H groups in total. The van der Waals surface area contributed by atoms with E-state index in [1.807, 2.05) is 29.2 Å². The number of rotatable bonds is 9. The minimum atomic E-state index is 0.272. The van der Waals surface area contributed by atoms with E-state index < -0.39 is 0 Å². The van der Waals surface area contributed by atoms with Gasteiger partial charge in [-0.1, -0.05) is 32.4 Å². The van der Waals surface area contributed by atoms with E-state index in [4.69, 9.17) is 4.74 Å². The minimum absolute atomic E-state index is 0.272. The Bertz CT molecular complexity index is 414. The number of hydrogen-bond acceptors (Lipinski definition) is 2. The fraction of sp³-hybridized carbons (Fsp3) is 0.611. The van der Waals surface area contributed by atoms with Gasteiger partial charge in [0.15, 0.2) is 0 Å². The van der Waals surface area contributed by atoms with Crippen LogP contribution in [0, 0.1) is 0 Å². The monoisotopic (exact) mass is 291 g/mol. The van der Waals surface area contributed by atoms with Crippen LogP contribution in [-0.2, 0) is 11.2 Å². The zero-order valence-corrected chi connectivity index (χ0v) is 13.9. The van der Waals surface area contributed by atoms with Gasteiger partial charge in [0, 0.05) is 19.0 Å². The lowest BCUT2D eigenvalue weighted by Gasteiger charge is -2.28. The standard InChI is InChI=1S/C18H29NO2/c1-5-7-14-19(15(3)6-2)18(20)13-10-16-8-11-17(21-4)12-9-16/h8-9,11-12,15H,5-7,10,13-14H2,1-4H3. The maximum atomic E-state index is 12.4. The zero-order chi connectivity index (χ0) is 15.7. The highest BCUT2D eigenvalue weighted by Gasteiger charge is 2.17. The number of nitrogens with zero attached hydrogens (tertiary/aromatic N) is 1. The van der Waals surface area contributed by atoms with Gasteiger partial charge in [0.2, 0.25) is 5.91 Å². The number of benzene rings is 1. The molecule has 0 aliphatic heterocycles. The lowest BCUT2D eigenvalue weighted by atomic mass is 10.1. The second-order valence-electron chi connectivity index (χ2n) is 5.55. The molecule has 0 aliphatic carbocycles. The summed E-state index contributed by atoms with van der Waals surface area (Å²) in [6.45, 7) is 7.32. The van der Waals surface area contributed by atoms with E-state index in [9.17, 15) is 4.79 Å².